The smallest absolute Gasteiger partial charge is 0.251 e. The number of nitrogens with two attached hydrogens (primary N) is 2. The van der Waals surface area contributed by atoms with Crippen molar-refractivity contribution in [2.45, 2.75) is 10.9 Å². The Balaban J connectivity index is 2.07. The lowest BCUT2D eigenvalue weighted by Crippen LogP contribution is -2.44. The fraction of sp³-hybridized carbons (Fsp3) is 0.500. The van der Waals surface area contributed by atoms with Gasteiger partial charge >= 0.3 is 0 Å². The quantitative estimate of drug-likeness (QED) is 0.218. The third-order valence-electron chi connectivity index (χ3n) is 3.43. The Morgan fingerprint density at radius 1 is 1.00 bits per heavy atom. The van der Waals surface area contributed by atoms with Crippen molar-refractivity contribution < 1.29 is 32.6 Å². The fourth-order valence-electron chi connectivity index (χ4n) is 1.92. The van der Waals surface area contributed by atoms with E-state index in [9.17, 15) is 18.0 Å². The summed E-state index contributed by atoms with van der Waals surface area (Å²) in [5.41, 5.74) is 5.63. The SMILES string of the molecule is N[C@@H](CO)C(=O)NCCOCCOCCNC(=O)c1ccc(S(N)(=O)=O)cc1. The number of carbonyl (C=O) groups is 2. The molecular formula is C16H26N4O7S. The van der Waals surface area contributed by atoms with Gasteiger partial charge in [0.15, 0.2) is 0 Å². The lowest BCUT2D eigenvalue weighted by atomic mass is 10.2. The first-order valence-electron chi connectivity index (χ1n) is 8.46. The van der Waals surface area contributed by atoms with E-state index < -0.39 is 28.6 Å². The molecule has 0 aliphatic carbocycles. The molecule has 0 saturated carbocycles. The Kier molecular flexibility index (Phi) is 10.6. The van der Waals surface area contributed by atoms with Crippen LogP contribution in [0.15, 0.2) is 29.2 Å². The average molecular weight is 418 g/mol. The molecular weight excluding hydrogens is 392 g/mol. The number of benzene rings is 1. The van der Waals surface area contributed by atoms with E-state index in [1.165, 1.54) is 24.3 Å². The van der Waals surface area contributed by atoms with Gasteiger partial charge in [0, 0.05) is 18.7 Å². The number of ether oxygens (including phenoxy) is 2. The van der Waals surface area contributed by atoms with Crippen LogP contribution in [0, 0.1) is 0 Å². The minimum Gasteiger partial charge on any atom is -0.394 e. The first-order valence-corrected chi connectivity index (χ1v) is 10.0. The predicted octanol–water partition coefficient (Wildman–Crippen LogP) is -2.47. The molecule has 28 heavy (non-hydrogen) atoms. The highest BCUT2D eigenvalue weighted by atomic mass is 32.2. The number of amides is 2. The van der Waals surface area contributed by atoms with Crippen molar-refractivity contribution in [2.24, 2.45) is 10.9 Å². The van der Waals surface area contributed by atoms with Crippen LogP contribution in [0.5, 0.6) is 0 Å². The van der Waals surface area contributed by atoms with Crippen molar-refractivity contribution >= 4 is 21.8 Å². The van der Waals surface area contributed by atoms with Crippen molar-refractivity contribution in [1.82, 2.24) is 10.6 Å². The Morgan fingerprint density at radius 3 is 2.04 bits per heavy atom. The van der Waals surface area contributed by atoms with E-state index in [1.807, 2.05) is 0 Å². The second-order valence-electron chi connectivity index (χ2n) is 5.63. The monoisotopic (exact) mass is 418 g/mol. The van der Waals surface area contributed by atoms with Crippen LogP contribution < -0.4 is 21.5 Å². The number of sulfonamides is 1. The maximum Gasteiger partial charge on any atom is 0.251 e. The molecule has 12 heteroatoms. The molecule has 0 unspecified atom stereocenters. The van der Waals surface area contributed by atoms with Gasteiger partial charge in [-0.3, -0.25) is 9.59 Å². The van der Waals surface area contributed by atoms with E-state index in [2.05, 4.69) is 10.6 Å². The summed E-state index contributed by atoms with van der Waals surface area (Å²) in [5.74, 6) is -0.810. The number of rotatable bonds is 13. The van der Waals surface area contributed by atoms with Crippen molar-refractivity contribution in [3.05, 3.63) is 29.8 Å². The van der Waals surface area contributed by atoms with E-state index >= 15 is 0 Å². The van der Waals surface area contributed by atoms with Crippen molar-refractivity contribution in [1.29, 1.82) is 0 Å². The van der Waals surface area contributed by atoms with Crippen molar-refractivity contribution in [2.75, 3.05) is 46.1 Å². The summed E-state index contributed by atoms with van der Waals surface area (Å²) in [6, 6.07) is 4.33. The molecule has 158 valence electrons. The van der Waals surface area contributed by atoms with Crippen LogP contribution in [0.25, 0.3) is 0 Å². The third-order valence-corrected chi connectivity index (χ3v) is 4.36. The normalized spacial score (nSPS) is 12.4. The van der Waals surface area contributed by atoms with Gasteiger partial charge in [0.2, 0.25) is 15.9 Å². The maximum atomic E-state index is 11.9. The molecule has 7 N–H and O–H groups in total. The molecule has 0 bridgehead atoms. The Hall–Kier alpha value is -2.09. The number of hydrogen-bond donors (Lipinski definition) is 5. The molecule has 1 aromatic rings. The maximum absolute atomic E-state index is 11.9. The molecule has 2 amide bonds. The molecule has 0 fully saturated rings. The zero-order chi connectivity index (χ0) is 21.0. The highest BCUT2D eigenvalue weighted by molar-refractivity contribution is 7.89. The summed E-state index contributed by atoms with van der Waals surface area (Å²) in [6.07, 6.45) is 0. The molecule has 0 aliphatic heterocycles. The van der Waals surface area contributed by atoms with Crippen molar-refractivity contribution in [3.63, 3.8) is 0 Å². The molecule has 0 spiro atoms. The molecule has 0 aliphatic rings. The van der Waals surface area contributed by atoms with Gasteiger partial charge in [-0.05, 0) is 24.3 Å². The third kappa shape index (κ3) is 9.21. The van der Waals surface area contributed by atoms with Crippen LogP contribution in [0.3, 0.4) is 0 Å². The minimum absolute atomic E-state index is 0.0665. The van der Waals surface area contributed by atoms with Crippen LogP contribution in [0.1, 0.15) is 10.4 Å². The van der Waals surface area contributed by atoms with E-state index in [-0.39, 0.29) is 37.1 Å². The summed E-state index contributed by atoms with van der Waals surface area (Å²) in [5, 5.41) is 18.8. The van der Waals surface area contributed by atoms with Crippen LogP contribution in [-0.4, -0.2) is 77.5 Å². The molecule has 11 nitrogen and oxygen atoms in total. The Bertz CT molecular complexity index is 725. The van der Waals surface area contributed by atoms with Crippen LogP contribution in [0.2, 0.25) is 0 Å². The largest absolute Gasteiger partial charge is 0.394 e. The summed E-state index contributed by atoms with van der Waals surface area (Å²) in [4.78, 5) is 23.1. The minimum atomic E-state index is -3.79. The van der Waals surface area contributed by atoms with Gasteiger partial charge in [0.1, 0.15) is 6.04 Å². The number of aliphatic hydroxyl groups is 1. The van der Waals surface area contributed by atoms with Crippen LogP contribution in [-0.2, 0) is 24.3 Å². The van der Waals surface area contributed by atoms with E-state index in [0.717, 1.165) is 0 Å². The zero-order valence-corrected chi connectivity index (χ0v) is 16.1. The molecule has 0 aromatic heterocycles. The lowest BCUT2D eigenvalue weighted by Gasteiger charge is -2.10. The molecule has 0 radical (unpaired) electrons. The number of hydrogen-bond acceptors (Lipinski definition) is 8. The van der Waals surface area contributed by atoms with Crippen LogP contribution in [0.4, 0.5) is 0 Å². The highest BCUT2D eigenvalue weighted by Gasteiger charge is 2.11. The van der Waals surface area contributed by atoms with E-state index in [0.29, 0.717) is 18.8 Å². The number of carbonyl (C=O) groups excluding carboxylic acids is 2. The number of aliphatic hydroxyl groups excluding tert-OH is 1. The Morgan fingerprint density at radius 2 is 1.54 bits per heavy atom. The predicted molar refractivity (Wildman–Crippen MR) is 99.9 cm³/mol. The average Bonchev–Trinajstić information content (AvgIpc) is 2.67. The molecule has 1 rings (SSSR count). The van der Waals surface area contributed by atoms with Gasteiger partial charge in [-0.1, -0.05) is 0 Å². The standard InChI is InChI=1S/C16H26N4O7S/c17-14(11-21)16(23)20-6-8-27-10-9-26-7-5-19-15(22)12-1-3-13(4-2-12)28(18,24)25/h1-4,14,21H,5-11,17H2,(H,19,22)(H,20,23)(H2,18,24,25)/t14-/m0/s1. The molecule has 1 aromatic carbocycles. The van der Waals surface area contributed by atoms with Gasteiger partial charge in [-0.25, -0.2) is 13.6 Å². The second kappa shape index (κ2) is 12.4. The Labute approximate surface area is 163 Å². The van der Waals surface area contributed by atoms with Gasteiger partial charge in [-0.15, -0.1) is 0 Å². The van der Waals surface area contributed by atoms with E-state index in [4.69, 9.17) is 25.5 Å². The number of nitrogens with one attached hydrogen (secondary N) is 2. The van der Waals surface area contributed by atoms with Gasteiger partial charge in [-0.2, -0.15) is 0 Å². The van der Waals surface area contributed by atoms with Gasteiger partial charge in [0.25, 0.3) is 5.91 Å². The zero-order valence-electron chi connectivity index (χ0n) is 15.3. The second-order valence-corrected chi connectivity index (χ2v) is 7.19. The summed E-state index contributed by atoms with van der Waals surface area (Å²) in [6.45, 7) is 1.29. The fourth-order valence-corrected chi connectivity index (χ4v) is 2.43. The topological polar surface area (TPSA) is 183 Å². The summed E-state index contributed by atoms with van der Waals surface area (Å²) in [7, 11) is -3.79. The molecule has 0 heterocycles. The van der Waals surface area contributed by atoms with Gasteiger partial charge < -0.3 is 30.9 Å². The van der Waals surface area contributed by atoms with E-state index in [1.54, 1.807) is 0 Å². The highest BCUT2D eigenvalue weighted by Crippen LogP contribution is 2.08. The van der Waals surface area contributed by atoms with Crippen molar-refractivity contribution in [3.8, 4) is 0 Å². The number of primary sulfonamides is 1. The lowest BCUT2D eigenvalue weighted by molar-refractivity contribution is -0.123. The summed E-state index contributed by atoms with van der Waals surface area (Å²) >= 11 is 0. The van der Waals surface area contributed by atoms with Gasteiger partial charge in [0.05, 0.1) is 37.9 Å². The molecule has 0 saturated heterocycles. The first-order chi connectivity index (χ1) is 13.3. The van der Waals surface area contributed by atoms with Crippen LogP contribution >= 0.6 is 0 Å². The molecule has 1 atom stereocenters. The first kappa shape index (κ1) is 23.9. The summed E-state index contributed by atoms with van der Waals surface area (Å²) < 4.78 is 32.8.